The number of hydrogen-bond acceptors (Lipinski definition) is 4. The molecule has 4 saturated carbocycles. The second-order valence-electron chi connectivity index (χ2n) is 24.3. The van der Waals surface area contributed by atoms with Crippen molar-refractivity contribution >= 4 is 76.2 Å². The Bertz CT molecular complexity index is 3310. The maximum Gasteiger partial charge on any atom is 0.0728 e. The molecule has 0 amide bonds. The van der Waals surface area contributed by atoms with E-state index in [2.05, 4.69) is 61.3 Å². The van der Waals surface area contributed by atoms with Gasteiger partial charge in [-0.25, -0.2) is 0 Å². The van der Waals surface area contributed by atoms with Crippen molar-refractivity contribution in [2.45, 2.75) is 165 Å². The number of pyridine rings is 4. The molecular weight excluding hydrogens is 757 g/mol. The molecular formula is C56H56N6. The van der Waals surface area contributed by atoms with Crippen LogP contribution in [0.15, 0.2) is 24.8 Å². The lowest BCUT2D eigenvalue weighted by molar-refractivity contribution is 0.165. The second kappa shape index (κ2) is 10.7. The molecule has 10 aliphatic rings. The summed E-state index contributed by atoms with van der Waals surface area (Å²) in [5.74, 6) is 5.75. The number of hydrogen-bond donors (Lipinski definition) is 0. The molecule has 310 valence electrons. The molecule has 0 N–H and O–H groups in total. The Morgan fingerprint density at radius 3 is 1.19 bits per heavy atom. The van der Waals surface area contributed by atoms with E-state index in [0.29, 0.717) is 23.7 Å². The zero-order valence-electron chi connectivity index (χ0n) is 36.9. The molecule has 10 aliphatic carbocycles. The van der Waals surface area contributed by atoms with Crippen LogP contribution in [0.25, 0.3) is 76.2 Å². The van der Waals surface area contributed by atoms with Crippen LogP contribution in [0, 0.1) is 23.7 Å². The van der Waals surface area contributed by atoms with E-state index in [4.69, 9.17) is 19.9 Å². The summed E-state index contributed by atoms with van der Waals surface area (Å²) in [7, 11) is 0. The van der Waals surface area contributed by atoms with E-state index in [1.165, 1.54) is 189 Å². The predicted octanol–water partition coefficient (Wildman–Crippen LogP) is 13.6. The Kier molecular flexibility index (Phi) is 5.84. The van der Waals surface area contributed by atoms with Gasteiger partial charge in [0.2, 0.25) is 0 Å². The molecule has 4 unspecified atom stereocenters. The number of nitrogens with zero attached hydrogens (tertiary/aromatic N) is 6. The summed E-state index contributed by atoms with van der Waals surface area (Å²) in [4.78, 5) is 22.4. The van der Waals surface area contributed by atoms with Crippen LogP contribution in [0.4, 0.5) is 0 Å². The van der Waals surface area contributed by atoms with Crippen LogP contribution in [0.1, 0.15) is 186 Å². The van der Waals surface area contributed by atoms with Crippen LogP contribution in [0.5, 0.6) is 0 Å². The molecule has 0 aliphatic heterocycles. The first-order valence-electron chi connectivity index (χ1n) is 25.2. The molecule has 19 rings (SSSR count). The van der Waals surface area contributed by atoms with Gasteiger partial charge in [0.25, 0.3) is 0 Å². The average molecular weight is 813 g/mol. The van der Waals surface area contributed by atoms with E-state index in [9.17, 15) is 0 Å². The highest BCUT2D eigenvalue weighted by Crippen LogP contribution is 2.63. The monoisotopic (exact) mass is 812 g/mol. The Hall–Kier alpha value is -4.58. The molecule has 0 spiro atoms. The van der Waals surface area contributed by atoms with Crippen molar-refractivity contribution in [1.29, 1.82) is 0 Å². The molecule has 4 fully saturated rings. The lowest BCUT2D eigenvalue weighted by Crippen LogP contribution is -2.25. The number of rotatable bonds is 0. The first-order chi connectivity index (χ1) is 30.2. The van der Waals surface area contributed by atoms with E-state index < -0.39 is 0 Å². The highest BCUT2D eigenvalue weighted by Gasteiger charge is 2.47. The Balaban J connectivity index is 1.18. The summed E-state index contributed by atoms with van der Waals surface area (Å²) in [6.07, 6.45) is 29.9. The van der Waals surface area contributed by atoms with Crippen molar-refractivity contribution in [1.82, 2.24) is 28.7 Å². The largest absolute Gasteiger partial charge is 0.305 e. The van der Waals surface area contributed by atoms with Gasteiger partial charge in [0, 0.05) is 88.5 Å². The molecule has 4 atom stereocenters. The van der Waals surface area contributed by atoms with Crippen LogP contribution < -0.4 is 0 Å². The van der Waals surface area contributed by atoms with Crippen molar-refractivity contribution in [3.63, 3.8) is 0 Å². The summed E-state index contributed by atoms with van der Waals surface area (Å²) in [5, 5.41) is 12.2. The van der Waals surface area contributed by atoms with Gasteiger partial charge in [0.1, 0.15) is 0 Å². The van der Waals surface area contributed by atoms with Gasteiger partial charge in [0.15, 0.2) is 0 Å². The quantitative estimate of drug-likeness (QED) is 0.153. The molecule has 9 aromatic rings. The minimum atomic E-state index is 0.0470. The SMILES string of the molecule is CC1(C)CCCc2c1ncc1c2c2c3c4c5c(ncc4n4c6cnc7c(c6c(c6c8c9c(ncc8n1c26)C(C)(C)CCC9)c34)C1CC2CC(CC7C2)C1)C1CC2CC(C1)CC5C2. The first kappa shape index (κ1) is 33.9. The van der Waals surface area contributed by atoms with E-state index in [1.54, 1.807) is 21.9 Å². The summed E-state index contributed by atoms with van der Waals surface area (Å²) in [6.45, 7) is 9.81. The Morgan fingerprint density at radius 2 is 0.774 bits per heavy atom. The van der Waals surface area contributed by atoms with Crippen molar-refractivity contribution in [2.75, 3.05) is 0 Å². The van der Waals surface area contributed by atoms with E-state index >= 15 is 0 Å². The maximum atomic E-state index is 5.69. The highest BCUT2D eigenvalue weighted by molar-refractivity contribution is 6.46. The van der Waals surface area contributed by atoms with Crippen molar-refractivity contribution in [2.24, 2.45) is 23.7 Å². The van der Waals surface area contributed by atoms with Gasteiger partial charge in [-0.2, -0.15) is 0 Å². The summed E-state index contributed by atoms with van der Waals surface area (Å²) in [6, 6.07) is 0. The average Bonchev–Trinajstić information content (AvgIpc) is 3.91. The zero-order valence-corrected chi connectivity index (χ0v) is 36.9. The number of aryl methyl sites for hydroxylation is 2. The van der Waals surface area contributed by atoms with Gasteiger partial charge in [-0.15, -0.1) is 0 Å². The van der Waals surface area contributed by atoms with Crippen LogP contribution >= 0.6 is 0 Å². The zero-order chi connectivity index (χ0) is 40.4. The minimum Gasteiger partial charge on any atom is -0.305 e. The minimum absolute atomic E-state index is 0.0470. The van der Waals surface area contributed by atoms with E-state index in [-0.39, 0.29) is 10.8 Å². The maximum absolute atomic E-state index is 5.69. The third-order valence-electron chi connectivity index (χ3n) is 20.0. The summed E-state index contributed by atoms with van der Waals surface area (Å²) in [5.41, 5.74) is 20.2. The third kappa shape index (κ3) is 3.74. The van der Waals surface area contributed by atoms with Gasteiger partial charge in [-0.3, -0.25) is 19.9 Å². The second-order valence-corrected chi connectivity index (χ2v) is 24.3. The molecule has 0 saturated heterocycles. The topological polar surface area (TPSA) is 60.4 Å². The molecule has 8 bridgehead atoms. The smallest absolute Gasteiger partial charge is 0.0728 e. The lowest BCUT2D eigenvalue weighted by Gasteiger charge is -2.38. The molecule has 6 heteroatoms. The lowest BCUT2D eigenvalue weighted by atomic mass is 9.67. The fraction of sp³-hybridized carbons (Fsp3) is 0.536. The van der Waals surface area contributed by atoms with Crippen LogP contribution in [0.2, 0.25) is 0 Å². The number of aromatic nitrogens is 6. The van der Waals surface area contributed by atoms with E-state index in [0.717, 1.165) is 36.5 Å². The number of benzene rings is 1. The third-order valence-corrected chi connectivity index (χ3v) is 20.0. The molecule has 62 heavy (non-hydrogen) atoms. The molecule has 1 aromatic carbocycles. The fourth-order valence-corrected chi connectivity index (χ4v) is 18.2. The Morgan fingerprint density at radius 1 is 0.419 bits per heavy atom. The van der Waals surface area contributed by atoms with Gasteiger partial charge < -0.3 is 8.80 Å². The number of fused-ring (bicyclic) bond motifs is 18. The molecule has 8 heterocycles. The molecule has 0 radical (unpaired) electrons. The molecule has 6 nitrogen and oxygen atoms in total. The van der Waals surface area contributed by atoms with Crippen molar-refractivity contribution in [3.05, 3.63) is 69.8 Å². The summed E-state index contributed by atoms with van der Waals surface area (Å²) >= 11 is 0. The summed E-state index contributed by atoms with van der Waals surface area (Å²) < 4.78 is 5.49. The highest BCUT2D eigenvalue weighted by atomic mass is 15.0. The van der Waals surface area contributed by atoms with Crippen molar-refractivity contribution in [3.8, 4) is 0 Å². The van der Waals surface area contributed by atoms with Gasteiger partial charge >= 0.3 is 0 Å². The van der Waals surface area contributed by atoms with Gasteiger partial charge in [-0.1, -0.05) is 27.7 Å². The van der Waals surface area contributed by atoms with Crippen LogP contribution in [0.3, 0.4) is 0 Å². The Labute approximate surface area is 361 Å². The van der Waals surface area contributed by atoms with E-state index in [1.807, 2.05) is 0 Å². The predicted molar refractivity (Wildman–Crippen MR) is 250 cm³/mol. The molecule has 8 aromatic heterocycles. The fourth-order valence-electron chi connectivity index (χ4n) is 18.2. The first-order valence-corrected chi connectivity index (χ1v) is 25.2. The normalized spacial score (nSPS) is 31.4. The van der Waals surface area contributed by atoms with Gasteiger partial charge in [0.05, 0.1) is 57.9 Å². The van der Waals surface area contributed by atoms with Crippen molar-refractivity contribution < 1.29 is 0 Å². The van der Waals surface area contributed by atoms with Crippen LogP contribution in [-0.2, 0) is 23.7 Å². The van der Waals surface area contributed by atoms with Crippen LogP contribution in [-0.4, -0.2) is 28.7 Å². The van der Waals surface area contributed by atoms with Gasteiger partial charge in [-0.05, 0) is 160 Å². The standard InChI is InChI=1S/C56H56N6/c1-55(2)9-5-7-33-41-35(23-59-53(33)55)61-36-24-60-54-34(8-6-10-56(54,3)4)42(36)46-48-44-38(22-58-50-32-19-27-12-28(20-32)16-30(15-27)40(44)50)62-37-21-57-49-31-17-25-11-26(18-31)14-29(13-25)39(49)43(37)47(52(48)62)45(41)51(46)61/h21-32H,5-20H2,1-4H3.